The number of H-pyrrole nitrogens is 1. The number of nitrogens with one attached hydrogen (secondary N) is 2. The van der Waals surface area contributed by atoms with E-state index in [1.165, 1.54) is 17.8 Å². The number of anilines is 2. The molecular formula is C25H17Cl2N5O2S. The lowest BCUT2D eigenvalue weighted by atomic mass is 10.1. The molecule has 4 aromatic rings. The van der Waals surface area contributed by atoms with Gasteiger partial charge >= 0.3 is 0 Å². The van der Waals surface area contributed by atoms with Gasteiger partial charge in [0.1, 0.15) is 0 Å². The molecule has 0 unspecified atom stereocenters. The first kappa shape index (κ1) is 24.4. The number of halogens is 2. The maximum atomic E-state index is 12.6. The van der Waals surface area contributed by atoms with Gasteiger partial charge in [0.2, 0.25) is 0 Å². The molecule has 3 aromatic carbocycles. The maximum absolute atomic E-state index is 12.6. The molecule has 0 saturated carbocycles. The predicted molar refractivity (Wildman–Crippen MR) is 141 cm³/mol. The van der Waals surface area contributed by atoms with Gasteiger partial charge in [0, 0.05) is 22.7 Å². The van der Waals surface area contributed by atoms with Crippen molar-refractivity contribution in [3.05, 3.63) is 110 Å². The Morgan fingerprint density at radius 1 is 1.09 bits per heavy atom. The highest BCUT2D eigenvalue weighted by Crippen LogP contribution is 2.29. The number of nitrogen functional groups attached to an aromatic ring is 1. The highest BCUT2D eigenvalue weighted by Gasteiger charge is 2.15. The smallest absolute Gasteiger partial charge is 0.276 e. The zero-order chi connectivity index (χ0) is 24.9. The fraction of sp³-hybridized carbons (Fsp3) is 0.0400. The summed E-state index contributed by atoms with van der Waals surface area (Å²) in [5.74, 6) is 0.147. The normalized spacial score (nSPS) is 10.5. The Kier molecular flexibility index (Phi) is 7.42. The zero-order valence-electron chi connectivity index (χ0n) is 18.0. The third-order valence-electron chi connectivity index (χ3n) is 4.89. The standard InChI is InChI=1S/C25H17Cl2N5O2S/c1-29-22-21(15-5-3-6-17(28)11-15)31-25(32-24(22)34)35-13-14-4-2-7-18(10-14)30-23(33)16-8-9-19(26)20(27)12-16/h2-12H,13,28H2,(H,30,33)(H,31,32,34). The number of aromatic amines is 1. The van der Waals surface area contributed by atoms with Crippen LogP contribution in [0.4, 0.5) is 17.1 Å². The van der Waals surface area contributed by atoms with Crippen LogP contribution in [0.2, 0.25) is 10.0 Å². The number of carbonyl (C=O) groups is 1. The first-order chi connectivity index (χ1) is 16.8. The Balaban J connectivity index is 1.52. The van der Waals surface area contributed by atoms with E-state index < -0.39 is 5.56 Å². The third kappa shape index (κ3) is 5.84. The van der Waals surface area contributed by atoms with Gasteiger partial charge in [0.05, 0.1) is 22.3 Å². The maximum Gasteiger partial charge on any atom is 0.276 e. The van der Waals surface area contributed by atoms with Gasteiger partial charge in [-0.1, -0.05) is 59.2 Å². The minimum atomic E-state index is -0.516. The SMILES string of the molecule is [C-]#[N+]c1c(-c2cccc(N)c2)nc(SCc2cccc(NC(=O)c3ccc(Cl)c(Cl)c3)c2)[nH]c1=O. The van der Waals surface area contributed by atoms with E-state index in [1.807, 2.05) is 18.2 Å². The van der Waals surface area contributed by atoms with Crippen LogP contribution in [0, 0.1) is 6.57 Å². The summed E-state index contributed by atoms with van der Waals surface area (Å²) in [5, 5.41) is 3.87. The van der Waals surface area contributed by atoms with Crippen molar-refractivity contribution >= 4 is 57.9 Å². The Hall–Kier alpha value is -3.77. The minimum absolute atomic E-state index is 0.0908. The fourth-order valence-corrected chi connectivity index (χ4v) is 4.34. The summed E-state index contributed by atoms with van der Waals surface area (Å²) in [5.41, 5.74) is 8.51. The fourth-order valence-electron chi connectivity index (χ4n) is 3.24. The van der Waals surface area contributed by atoms with Crippen molar-refractivity contribution in [3.63, 3.8) is 0 Å². The number of benzene rings is 3. The number of hydrogen-bond donors (Lipinski definition) is 3. The molecule has 0 atom stereocenters. The van der Waals surface area contributed by atoms with Crippen LogP contribution in [0.1, 0.15) is 15.9 Å². The lowest BCUT2D eigenvalue weighted by Crippen LogP contribution is -2.12. The van der Waals surface area contributed by atoms with Crippen LogP contribution < -0.4 is 16.6 Å². The van der Waals surface area contributed by atoms with Crippen LogP contribution in [-0.2, 0) is 5.75 Å². The Bertz CT molecular complexity index is 1530. The Labute approximate surface area is 215 Å². The molecule has 0 fully saturated rings. The van der Waals surface area contributed by atoms with Gasteiger partial charge in [0.25, 0.3) is 17.2 Å². The van der Waals surface area contributed by atoms with E-state index in [2.05, 4.69) is 20.1 Å². The highest BCUT2D eigenvalue weighted by molar-refractivity contribution is 7.98. The van der Waals surface area contributed by atoms with Gasteiger partial charge in [-0.15, -0.1) is 0 Å². The van der Waals surface area contributed by atoms with Crippen LogP contribution in [0.25, 0.3) is 16.1 Å². The molecule has 174 valence electrons. The monoisotopic (exact) mass is 521 g/mol. The van der Waals surface area contributed by atoms with Crippen molar-refractivity contribution in [2.45, 2.75) is 10.9 Å². The number of amides is 1. The van der Waals surface area contributed by atoms with E-state index in [9.17, 15) is 9.59 Å². The van der Waals surface area contributed by atoms with Gasteiger partial charge in [-0.25, -0.2) is 9.83 Å². The lowest BCUT2D eigenvalue weighted by molar-refractivity contribution is 0.102. The second-order valence-electron chi connectivity index (χ2n) is 7.38. The van der Waals surface area contributed by atoms with Crippen molar-refractivity contribution in [2.24, 2.45) is 0 Å². The summed E-state index contributed by atoms with van der Waals surface area (Å²) < 4.78 is 0. The number of aromatic nitrogens is 2. The molecule has 4 rings (SSSR count). The Morgan fingerprint density at radius 3 is 2.63 bits per heavy atom. The van der Waals surface area contributed by atoms with Crippen molar-refractivity contribution in [1.29, 1.82) is 0 Å². The first-order valence-corrected chi connectivity index (χ1v) is 11.9. The number of hydrogen-bond acceptors (Lipinski definition) is 5. The van der Waals surface area contributed by atoms with Crippen LogP contribution in [0.3, 0.4) is 0 Å². The number of thioether (sulfide) groups is 1. The van der Waals surface area contributed by atoms with Gasteiger partial charge in [-0.3, -0.25) is 9.59 Å². The topological polar surface area (TPSA) is 105 Å². The Morgan fingerprint density at radius 2 is 1.89 bits per heavy atom. The van der Waals surface area contributed by atoms with Gasteiger partial charge in [-0.2, -0.15) is 0 Å². The summed E-state index contributed by atoms with van der Waals surface area (Å²) in [7, 11) is 0. The van der Waals surface area contributed by atoms with Crippen molar-refractivity contribution in [1.82, 2.24) is 9.97 Å². The summed E-state index contributed by atoms with van der Waals surface area (Å²) in [6, 6.07) is 18.9. The molecule has 1 amide bonds. The number of nitrogens with zero attached hydrogens (tertiary/aromatic N) is 2. The molecule has 1 aromatic heterocycles. The van der Waals surface area contributed by atoms with Crippen LogP contribution in [0.5, 0.6) is 0 Å². The molecule has 4 N–H and O–H groups in total. The molecule has 0 radical (unpaired) electrons. The first-order valence-electron chi connectivity index (χ1n) is 10.2. The van der Waals surface area contributed by atoms with Crippen molar-refractivity contribution < 1.29 is 4.79 Å². The molecule has 0 aliphatic heterocycles. The molecule has 0 aliphatic rings. The summed E-state index contributed by atoms with van der Waals surface area (Å²) in [6.07, 6.45) is 0. The molecule has 7 nitrogen and oxygen atoms in total. The second kappa shape index (κ2) is 10.7. The largest absolute Gasteiger partial charge is 0.399 e. The number of rotatable bonds is 6. The average molecular weight is 522 g/mol. The van der Waals surface area contributed by atoms with E-state index in [0.29, 0.717) is 43.5 Å². The van der Waals surface area contributed by atoms with Crippen molar-refractivity contribution in [2.75, 3.05) is 11.1 Å². The summed E-state index contributed by atoms with van der Waals surface area (Å²) in [6.45, 7) is 7.38. The highest BCUT2D eigenvalue weighted by atomic mass is 35.5. The minimum Gasteiger partial charge on any atom is -0.399 e. The predicted octanol–water partition coefficient (Wildman–Crippen LogP) is 6.42. The average Bonchev–Trinajstić information content (AvgIpc) is 2.84. The van der Waals surface area contributed by atoms with Gasteiger partial charge in [0.15, 0.2) is 5.16 Å². The van der Waals surface area contributed by atoms with E-state index in [-0.39, 0.29) is 17.3 Å². The van der Waals surface area contributed by atoms with Crippen LogP contribution >= 0.6 is 35.0 Å². The molecule has 35 heavy (non-hydrogen) atoms. The molecule has 0 aliphatic carbocycles. The van der Waals surface area contributed by atoms with E-state index in [0.717, 1.165) is 5.56 Å². The lowest BCUT2D eigenvalue weighted by Gasteiger charge is -2.09. The van der Waals surface area contributed by atoms with Crippen molar-refractivity contribution in [3.8, 4) is 11.3 Å². The molecule has 0 spiro atoms. The zero-order valence-corrected chi connectivity index (χ0v) is 20.3. The molecule has 0 saturated heterocycles. The van der Waals surface area contributed by atoms with E-state index in [4.69, 9.17) is 35.5 Å². The quantitative estimate of drug-likeness (QED) is 0.117. The van der Waals surface area contributed by atoms with Crippen LogP contribution in [0.15, 0.2) is 76.7 Å². The molecule has 10 heteroatoms. The van der Waals surface area contributed by atoms with Crippen LogP contribution in [-0.4, -0.2) is 15.9 Å². The van der Waals surface area contributed by atoms with E-state index in [1.54, 1.807) is 42.5 Å². The van der Waals surface area contributed by atoms with E-state index >= 15 is 0 Å². The number of nitrogens with two attached hydrogens (primary N) is 1. The third-order valence-corrected chi connectivity index (χ3v) is 6.57. The second-order valence-corrected chi connectivity index (χ2v) is 9.16. The van der Waals surface area contributed by atoms with Gasteiger partial charge in [-0.05, 0) is 53.6 Å². The summed E-state index contributed by atoms with van der Waals surface area (Å²) in [4.78, 5) is 35.6. The van der Waals surface area contributed by atoms with Gasteiger partial charge < -0.3 is 16.0 Å². The summed E-state index contributed by atoms with van der Waals surface area (Å²) >= 11 is 13.2. The molecular weight excluding hydrogens is 505 g/mol. The number of carbonyl (C=O) groups excluding carboxylic acids is 1. The molecule has 1 heterocycles. The molecule has 0 bridgehead atoms.